The van der Waals surface area contributed by atoms with Gasteiger partial charge < -0.3 is 15.4 Å². The SMILES string of the molecule is O=c1ccc2c([nH]1)CCCC2Nc1cccc(O)c1. The highest BCUT2D eigenvalue weighted by molar-refractivity contribution is 5.50. The van der Waals surface area contributed by atoms with E-state index < -0.39 is 0 Å². The number of fused-ring (bicyclic) bond motifs is 1. The smallest absolute Gasteiger partial charge is 0.248 e. The van der Waals surface area contributed by atoms with Gasteiger partial charge in [0.05, 0.1) is 6.04 Å². The van der Waals surface area contributed by atoms with Gasteiger partial charge in [0.25, 0.3) is 0 Å². The number of pyridine rings is 1. The number of aromatic amines is 1. The monoisotopic (exact) mass is 256 g/mol. The van der Waals surface area contributed by atoms with E-state index in [4.69, 9.17) is 0 Å². The van der Waals surface area contributed by atoms with Crippen LogP contribution in [0.3, 0.4) is 0 Å². The van der Waals surface area contributed by atoms with Crippen molar-refractivity contribution in [2.75, 3.05) is 5.32 Å². The highest BCUT2D eigenvalue weighted by Gasteiger charge is 2.20. The normalized spacial score (nSPS) is 17.8. The predicted molar refractivity (Wildman–Crippen MR) is 74.5 cm³/mol. The fourth-order valence-electron chi connectivity index (χ4n) is 2.65. The molecule has 1 aliphatic carbocycles. The Labute approximate surface area is 111 Å². The summed E-state index contributed by atoms with van der Waals surface area (Å²) in [6.07, 6.45) is 2.99. The first-order chi connectivity index (χ1) is 9.22. The average molecular weight is 256 g/mol. The molecule has 1 aromatic carbocycles. The molecule has 0 saturated heterocycles. The Bertz CT molecular complexity index is 649. The number of phenolic OH excluding ortho intramolecular Hbond substituents is 1. The molecule has 98 valence electrons. The number of nitrogens with one attached hydrogen (secondary N) is 2. The van der Waals surface area contributed by atoms with E-state index in [1.807, 2.05) is 18.2 Å². The van der Waals surface area contributed by atoms with Crippen LogP contribution in [0.25, 0.3) is 0 Å². The molecule has 0 aliphatic heterocycles. The van der Waals surface area contributed by atoms with Crippen molar-refractivity contribution in [3.8, 4) is 5.75 Å². The number of aromatic nitrogens is 1. The lowest BCUT2D eigenvalue weighted by molar-refractivity contribution is 0.475. The van der Waals surface area contributed by atoms with Gasteiger partial charge in [-0.1, -0.05) is 6.07 Å². The highest BCUT2D eigenvalue weighted by Crippen LogP contribution is 2.31. The molecular weight excluding hydrogens is 240 g/mol. The summed E-state index contributed by atoms with van der Waals surface area (Å²) >= 11 is 0. The Kier molecular flexibility index (Phi) is 2.99. The first kappa shape index (κ1) is 11.8. The Balaban J connectivity index is 1.90. The summed E-state index contributed by atoms with van der Waals surface area (Å²) in [7, 11) is 0. The molecule has 2 aromatic rings. The van der Waals surface area contributed by atoms with Gasteiger partial charge in [-0.3, -0.25) is 4.79 Å². The maximum atomic E-state index is 11.3. The zero-order valence-electron chi connectivity index (χ0n) is 10.5. The summed E-state index contributed by atoms with van der Waals surface area (Å²) < 4.78 is 0. The van der Waals surface area contributed by atoms with Crippen molar-refractivity contribution in [3.63, 3.8) is 0 Å². The summed E-state index contributed by atoms with van der Waals surface area (Å²) in [6.45, 7) is 0. The molecule has 0 amide bonds. The van der Waals surface area contributed by atoms with Gasteiger partial charge in [0.1, 0.15) is 5.75 Å². The van der Waals surface area contributed by atoms with Gasteiger partial charge in [0.15, 0.2) is 0 Å². The molecule has 3 N–H and O–H groups in total. The fourth-order valence-corrected chi connectivity index (χ4v) is 2.65. The molecule has 4 heteroatoms. The molecule has 1 aromatic heterocycles. The quantitative estimate of drug-likeness (QED) is 0.773. The van der Waals surface area contributed by atoms with Crippen LogP contribution in [-0.2, 0) is 6.42 Å². The zero-order chi connectivity index (χ0) is 13.2. The van der Waals surface area contributed by atoms with Gasteiger partial charge in [0, 0.05) is 23.5 Å². The van der Waals surface area contributed by atoms with Crippen LogP contribution in [-0.4, -0.2) is 10.1 Å². The Morgan fingerprint density at radius 3 is 3.00 bits per heavy atom. The van der Waals surface area contributed by atoms with E-state index >= 15 is 0 Å². The number of anilines is 1. The zero-order valence-corrected chi connectivity index (χ0v) is 10.5. The molecule has 1 atom stereocenters. The third-order valence-electron chi connectivity index (χ3n) is 3.52. The number of rotatable bonds is 2. The lowest BCUT2D eigenvalue weighted by Crippen LogP contribution is -2.21. The van der Waals surface area contributed by atoms with Crippen LogP contribution in [0.2, 0.25) is 0 Å². The minimum absolute atomic E-state index is 0.0447. The van der Waals surface area contributed by atoms with Crippen LogP contribution in [0.15, 0.2) is 41.2 Å². The van der Waals surface area contributed by atoms with E-state index in [0.717, 1.165) is 36.2 Å². The number of benzene rings is 1. The second-order valence-corrected chi connectivity index (χ2v) is 4.90. The number of phenols is 1. The van der Waals surface area contributed by atoms with E-state index in [1.165, 1.54) is 0 Å². The first-order valence-electron chi connectivity index (χ1n) is 6.50. The Hall–Kier alpha value is -2.23. The van der Waals surface area contributed by atoms with Gasteiger partial charge >= 0.3 is 0 Å². The van der Waals surface area contributed by atoms with Crippen molar-refractivity contribution < 1.29 is 5.11 Å². The molecule has 0 fully saturated rings. The van der Waals surface area contributed by atoms with Crippen LogP contribution in [0.5, 0.6) is 5.75 Å². The number of H-pyrrole nitrogens is 1. The summed E-state index contributed by atoms with van der Waals surface area (Å²) in [5.74, 6) is 0.252. The second-order valence-electron chi connectivity index (χ2n) is 4.90. The largest absolute Gasteiger partial charge is 0.508 e. The third-order valence-corrected chi connectivity index (χ3v) is 3.52. The second kappa shape index (κ2) is 4.80. The van der Waals surface area contributed by atoms with Crippen molar-refractivity contribution in [3.05, 3.63) is 58.0 Å². The van der Waals surface area contributed by atoms with Gasteiger partial charge in [-0.15, -0.1) is 0 Å². The number of hydrogen-bond acceptors (Lipinski definition) is 3. The molecule has 1 heterocycles. The van der Waals surface area contributed by atoms with Crippen molar-refractivity contribution >= 4 is 5.69 Å². The standard InChI is InChI=1S/C15H16N2O2/c18-11-4-1-3-10(9-11)16-13-5-2-6-14-12(13)7-8-15(19)17-14/h1,3-4,7-9,13,16,18H,2,5-6H2,(H,17,19). The van der Waals surface area contributed by atoms with Crippen LogP contribution in [0, 0.1) is 0 Å². The molecule has 19 heavy (non-hydrogen) atoms. The van der Waals surface area contributed by atoms with Crippen molar-refractivity contribution in [2.24, 2.45) is 0 Å². The molecule has 0 radical (unpaired) electrons. The molecule has 0 spiro atoms. The molecular formula is C15H16N2O2. The predicted octanol–water partition coefficient (Wildman–Crippen LogP) is 2.57. The summed E-state index contributed by atoms with van der Waals surface area (Å²) in [5.41, 5.74) is 3.02. The van der Waals surface area contributed by atoms with Crippen LogP contribution in [0.1, 0.15) is 30.1 Å². The van der Waals surface area contributed by atoms with Gasteiger partial charge in [0.2, 0.25) is 5.56 Å². The molecule has 1 unspecified atom stereocenters. The van der Waals surface area contributed by atoms with E-state index in [-0.39, 0.29) is 17.4 Å². The maximum absolute atomic E-state index is 11.3. The van der Waals surface area contributed by atoms with E-state index in [1.54, 1.807) is 18.2 Å². The number of aromatic hydroxyl groups is 1. The molecule has 1 aliphatic rings. The summed E-state index contributed by atoms with van der Waals surface area (Å²) in [4.78, 5) is 14.3. The van der Waals surface area contributed by atoms with Crippen molar-refractivity contribution in [2.45, 2.75) is 25.3 Å². The number of hydrogen-bond donors (Lipinski definition) is 3. The lowest BCUT2D eigenvalue weighted by atomic mass is 9.91. The van der Waals surface area contributed by atoms with Gasteiger partial charge in [-0.25, -0.2) is 0 Å². The highest BCUT2D eigenvalue weighted by atomic mass is 16.3. The molecule has 3 rings (SSSR count). The van der Waals surface area contributed by atoms with Crippen LogP contribution >= 0.6 is 0 Å². The Morgan fingerprint density at radius 2 is 2.16 bits per heavy atom. The lowest BCUT2D eigenvalue weighted by Gasteiger charge is -2.26. The third kappa shape index (κ3) is 2.47. The Morgan fingerprint density at radius 1 is 1.26 bits per heavy atom. The van der Waals surface area contributed by atoms with E-state index in [9.17, 15) is 9.90 Å². The minimum atomic E-state index is -0.0447. The molecule has 0 saturated carbocycles. The summed E-state index contributed by atoms with van der Waals surface area (Å²) in [6, 6.07) is 10.8. The van der Waals surface area contributed by atoms with Crippen LogP contribution < -0.4 is 10.9 Å². The van der Waals surface area contributed by atoms with Crippen molar-refractivity contribution in [1.82, 2.24) is 4.98 Å². The molecule has 4 nitrogen and oxygen atoms in total. The first-order valence-corrected chi connectivity index (χ1v) is 6.50. The summed E-state index contributed by atoms with van der Waals surface area (Å²) in [5, 5.41) is 12.9. The average Bonchev–Trinajstić information content (AvgIpc) is 2.38. The van der Waals surface area contributed by atoms with Gasteiger partial charge in [-0.2, -0.15) is 0 Å². The topological polar surface area (TPSA) is 65.1 Å². The molecule has 0 bridgehead atoms. The fraction of sp³-hybridized carbons (Fsp3) is 0.267. The number of aryl methyl sites for hydroxylation is 1. The minimum Gasteiger partial charge on any atom is -0.508 e. The van der Waals surface area contributed by atoms with E-state index in [2.05, 4.69) is 10.3 Å². The van der Waals surface area contributed by atoms with E-state index in [0.29, 0.717) is 0 Å². The van der Waals surface area contributed by atoms with Gasteiger partial charge in [-0.05, 0) is 43.0 Å². The van der Waals surface area contributed by atoms with Crippen molar-refractivity contribution in [1.29, 1.82) is 0 Å². The van der Waals surface area contributed by atoms with Crippen LogP contribution in [0.4, 0.5) is 5.69 Å². The maximum Gasteiger partial charge on any atom is 0.248 e.